The third-order valence-corrected chi connectivity index (χ3v) is 6.86. The van der Waals surface area contributed by atoms with Crippen molar-refractivity contribution < 1.29 is 9.32 Å². The number of carbonyl (C=O) groups excluding carboxylic acids is 1. The molecule has 0 fully saturated rings. The van der Waals surface area contributed by atoms with Crippen molar-refractivity contribution in [3.05, 3.63) is 28.6 Å². The van der Waals surface area contributed by atoms with E-state index in [9.17, 15) is 4.79 Å². The number of thiophene rings is 1. The molecule has 0 saturated carbocycles. The van der Waals surface area contributed by atoms with Crippen LogP contribution in [0.2, 0.25) is 0 Å². The van der Waals surface area contributed by atoms with Crippen LogP contribution in [0, 0.1) is 12.8 Å². The summed E-state index contributed by atoms with van der Waals surface area (Å²) in [6.45, 7) is 5.97. The number of nitrogens with zero attached hydrogens (tertiary/aromatic N) is 3. The number of aryl methyl sites for hydroxylation is 2. The third kappa shape index (κ3) is 3.35. The van der Waals surface area contributed by atoms with Gasteiger partial charge in [0.1, 0.15) is 21.9 Å². The molecular weight excluding hydrogens is 368 g/mol. The van der Waals surface area contributed by atoms with Gasteiger partial charge in [-0.1, -0.05) is 23.8 Å². The average molecular weight is 389 g/mol. The van der Waals surface area contributed by atoms with Gasteiger partial charge >= 0.3 is 0 Å². The fourth-order valence-corrected chi connectivity index (χ4v) is 5.57. The largest absolute Gasteiger partial charge is 0.360 e. The fraction of sp³-hybridized carbons (Fsp3) is 0.444. The molecule has 0 spiro atoms. The lowest BCUT2D eigenvalue weighted by Gasteiger charge is -2.18. The third-order valence-electron chi connectivity index (χ3n) is 4.59. The summed E-state index contributed by atoms with van der Waals surface area (Å²) in [5, 5.41) is 8.33. The highest BCUT2D eigenvalue weighted by atomic mass is 32.2. The van der Waals surface area contributed by atoms with Crippen molar-refractivity contribution in [2.75, 3.05) is 5.32 Å². The Balaban J connectivity index is 1.57. The summed E-state index contributed by atoms with van der Waals surface area (Å²) in [5.41, 5.74) is 1.38. The molecule has 3 aromatic heterocycles. The van der Waals surface area contributed by atoms with Crippen molar-refractivity contribution in [2.24, 2.45) is 5.92 Å². The normalized spacial score (nSPS) is 17.9. The molecule has 0 saturated heterocycles. The number of thioether (sulfide) groups is 1. The van der Waals surface area contributed by atoms with Crippen LogP contribution in [0.15, 0.2) is 21.9 Å². The van der Waals surface area contributed by atoms with Crippen LogP contribution in [0.5, 0.6) is 0 Å². The highest BCUT2D eigenvalue weighted by Gasteiger charge is 2.25. The zero-order valence-electron chi connectivity index (χ0n) is 14.9. The Bertz CT molecular complexity index is 965. The maximum absolute atomic E-state index is 12.5. The molecule has 136 valence electrons. The highest BCUT2D eigenvalue weighted by Crippen LogP contribution is 2.41. The van der Waals surface area contributed by atoms with Gasteiger partial charge in [0.15, 0.2) is 5.82 Å². The maximum atomic E-state index is 12.5. The predicted molar refractivity (Wildman–Crippen MR) is 104 cm³/mol. The van der Waals surface area contributed by atoms with Gasteiger partial charge in [-0.2, -0.15) is 0 Å². The van der Waals surface area contributed by atoms with Gasteiger partial charge in [0.05, 0.1) is 5.25 Å². The molecular formula is C18H20N4O2S2. The Morgan fingerprint density at radius 2 is 2.31 bits per heavy atom. The van der Waals surface area contributed by atoms with E-state index in [4.69, 9.17) is 4.52 Å². The number of anilines is 1. The minimum Gasteiger partial charge on any atom is -0.360 e. The number of nitrogens with one attached hydrogen (secondary N) is 1. The number of fused-ring (bicyclic) bond motifs is 3. The van der Waals surface area contributed by atoms with Crippen molar-refractivity contribution in [1.82, 2.24) is 15.1 Å². The fourth-order valence-electron chi connectivity index (χ4n) is 3.21. The van der Waals surface area contributed by atoms with Crippen LogP contribution in [0.4, 0.5) is 5.82 Å². The highest BCUT2D eigenvalue weighted by molar-refractivity contribution is 8.00. The minimum absolute atomic E-state index is 0.118. The van der Waals surface area contributed by atoms with E-state index in [2.05, 4.69) is 27.4 Å². The molecule has 8 heteroatoms. The van der Waals surface area contributed by atoms with Crippen molar-refractivity contribution >= 4 is 45.0 Å². The smallest absolute Gasteiger partial charge is 0.238 e. The van der Waals surface area contributed by atoms with Crippen LogP contribution in [0.1, 0.15) is 36.5 Å². The number of rotatable bonds is 4. The predicted octanol–water partition coefficient (Wildman–Crippen LogP) is 4.23. The van der Waals surface area contributed by atoms with Gasteiger partial charge < -0.3 is 9.84 Å². The maximum Gasteiger partial charge on any atom is 0.238 e. The number of amides is 1. The molecule has 26 heavy (non-hydrogen) atoms. The summed E-state index contributed by atoms with van der Waals surface area (Å²) in [5.74, 6) is 1.70. The molecule has 0 radical (unpaired) electrons. The van der Waals surface area contributed by atoms with Gasteiger partial charge in [-0.25, -0.2) is 9.97 Å². The first-order valence-corrected chi connectivity index (χ1v) is 10.4. The summed E-state index contributed by atoms with van der Waals surface area (Å²) in [6.07, 6.45) is 4.97. The SMILES string of the molecule is Cc1cc(NC(=O)[C@@H](C)Sc2ncnc3sc4c(c23)CC[C@H](C)C4)no1. The number of carbonyl (C=O) groups is 1. The van der Waals surface area contributed by atoms with E-state index in [0.717, 1.165) is 34.0 Å². The summed E-state index contributed by atoms with van der Waals surface area (Å²) < 4.78 is 4.99. The topological polar surface area (TPSA) is 80.9 Å². The zero-order valence-corrected chi connectivity index (χ0v) is 16.5. The van der Waals surface area contributed by atoms with Crippen LogP contribution < -0.4 is 5.32 Å². The molecule has 0 aliphatic heterocycles. The molecule has 0 unspecified atom stereocenters. The molecule has 1 N–H and O–H groups in total. The van der Waals surface area contributed by atoms with E-state index in [0.29, 0.717) is 11.6 Å². The Morgan fingerprint density at radius 3 is 3.08 bits per heavy atom. The van der Waals surface area contributed by atoms with Crippen LogP contribution in [0.3, 0.4) is 0 Å². The Hall–Kier alpha value is -1.93. The lowest BCUT2D eigenvalue weighted by atomic mass is 9.89. The Morgan fingerprint density at radius 1 is 1.46 bits per heavy atom. The number of hydrogen-bond acceptors (Lipinski definition) is 7. The van der Waals surface area contributed by atoms with Crippen molar-refractivity contribution in [2.45, 2.75) is 50.3 Å². The second kappa shape index (κ2) is 7.00. The monoisotopic (exact) mass is 388 g/mol. The molecule has 0 bridgehead atoms. The molecule has 2 atom stereocenters. The second-order valence-corrected chi connectivity index (χ2v) is 9.20. The summed E-state index contributed by atoms with van der Waals surface area (Å²) in [4.78, 5) is 23.9. The van der Waals surface area contributed by atoms with E-state index in [1.807, 2.05) is 6.92 Å². The molecule has 0 aromatic carbocycles. The Kier molecular flexibility index (Phi) is 4.71. The molecule has 1 aliphatic carbocycles. The summed E-state index contributed by atoms with van der Waals surface area (Å²) >= 11 is 3.24. The van der Waals surface area contributed by atoms with Gasteiger partial charge in [0.2, 0.25) is 5.91 Å². The minimum atomic E-state index is -0.303. The molecule has 1 aliphatic rings. The molecule has 3 aromatic rings. The standard InChI is InChI=1S/C18H20N4O2S2/c1-9-4-5-12-13(6-9)26-18-15(12)17(19-8-20-18)25-11(3)16(23)21-14-7-10(2)24-22-14/h7-9,11H,4-6H2,1-3H3,(H,21,22,23)/t9-,11+/m0/s1. The number of aromatic nitrogens is 3. The first-order chi connectivity index (χ1) is 12.5. The van der Waals surface area contributed by atoms with Crippen LogP contribution in [-0.2, 0) is 17.6 Å². The number of hydrogen-bond donors (Lipinski definition) is 1. The average Bonchev–Trinajstić information content (AvgIpc) is 3.17. The van der Waals surface area contributed by atoms with Gasteiger partial charge in [-0.15, -0.1) is 11.3 Å². The van der Waals surface area contributed by atoms with Gasteiger partial charge in [0, 0.05) is 16.3 Å². The van der Waals surface area contributed by atoms with Gasteiger partial charge in [0.25, 0.3) is 0 Å². The zero-order chi connectivity index (χ0) is 18.3. The van der Waals surface area contributed by atoms with E-state index >= 15 is 0 Å². The van der Waals surface area contributed by atoms with Gasteiger partial charge in [-0.05, 0) is 44.6 Å². The van der Waals surface area contributed by atoms with E-state index in [1.165, 1.54) is 28.6 Å². The Labute approximate surface area is 159 Å². The van der Waals surface area contributed by atoms with Crippen molar-refractivity contribution in [3.8, 4) is 0 Å². The van der Waals surface area contributed by atoms with Crippen molar-refractivity contribution in [3.63, 3.8) is 0 Å². The van der Waals surface area contributed by atoms with E-state index in [-0.39, 0.29) is 11.2 Å². The summed E-state index contributed by atoms with van der Waals surface area (Å²) in [6, 6.07) is 1.70. The second-order valence-electron chi connectivity index (χ2n) is 6.78. The quantitative estimate of drug-likeness (QED) is 0.532. The summed E-state index contributed by atoms with van der Waals surface area (Å²) in [7, 11) is 0. The lowest BCUT2D eigenvalue weighted by Crippen LogP contribution is -2.22. The first-order valence-electron chi connectivity index (χ1n) is 8.67. The first kappa shape index (κ1) is 17.5. The molecule has 1 amide bonds. The molecule has 4 rings (SSSR count). The van der Waals surface area contributed by atoms with Crippen LogP contribution in [-0.4, -0.2) is 26.3 Å². The van der Waals surface area contributed by atoms with E-state index < -0.39 is 0 Å². The van der Waals surface area contributed by atoms with E-state index in [1.54, 1.807) is 30.7 Å². The van der Waals surface area contributed by atoms with Crippen LogP contribution >= 0.6 is 23.1 Å². The van der Waals surface area contributed by atoms with Crippen molar-refractivity contribution in [1.29, 1.82) is 0 Å². The molecule has 6 nitrogen and oxygen atoms in total. The lowest BCUT2D eigenvalue weighted by molar-refractivity contribution is -0.115. The molecule has 3 heterocycles. The van der Waals surface area contributed by atoms with Crippen LogP contribution in [0.25, 0.3) is 10.2 Å². The van der Waals surface area contributed by atoms with Gasteiger partial charge in [-0.3, -0.25) is 4.79 Å².